The van der Waals surface area contributed by atoms with Crippen molar-refractivity contribution < 1.29 is 14.3 Å². The van der Waals surface area contributed by atoms with E-state index >= 15 is 0 Å². The van der Waals surface area contributed by atoms with Crippen LogP contribution in [0, 0.1) is 0 Å². The van der Waals surface area contributed by atoms with Gasteiger partial charge in [-0.1, -0.05) is 55.1 Å². The Balaban J connectivity index is 1.63. The molecule has 1 aliphatic rings. The van der Waals surface area contributed by atoms with Crippen LogP contribution in [-0.4, -0.2) is 41.7 Å². The Morgan fingerprint density at radius 1 is 1.06 bits per heavy atom. The summed E-state index contributed by atoms with van der Waals surface area (Å²) < 4.78 is 5.20. The monoisotopic (exact) mass is 488 g/mol. The van der Waals surface area contributed by atoms with Gasteiger partial charge in [0.1, 0.15) is 11.8 Å². The van der Waals surface area contributed by atoms with Crippen LogP contribution >= 0.6 is 23.4 Å². The molecular weight excluding hydrogens is 456 g/mol. The van der Waals surface area contributed by atoms with Gasteiger partial charge in [0.2, 0.25) is 11.8 Å². The van der Waals surface area contributed by atoms with Crippen molar-refractivity contribution >= 4 is 35.2 Å². The first kappa shape index (κ1) is 25.4. The Kier molecular flexibility index (Phi) is 9.95. The van der Waals surface area contributed by atoms with E-state index in [4.69, 9.17) is 16.3 Å². The quantitative estimate of drug-likeness (QED) is 0.483. The maximum Gasteiger partial charge on any atom is 0.242 e. The summed E-state index contributed by atoms with van der Waals surface area (Å²) in [6, 6.07) is 14.9. The molecule has 0 heterocycles. The van der Waals surface area contributed by atoms with Crippen LogP contribution < -0.4 is 10.1 Å². The number of rotatable bonds is 10. The molecular formula is C26H33ClN2O3S. The molecule has 2 aromatic carbocycles. The molecule has 0 unspecified atom stereocenters. The number of nitrogens with one attached hydrogen (secondary N) is 1. The Morgan fingerprint density at radius 2 is 1.70 bits per heavy atom. The minimum absolute atomic E-state index is 0.0465. The Morgan fingerprint density at radius 3 is 2.33 bits per heavy atom. The average Bonchev–Trinajstić information content (AvgIpc) is 2.84. The normalized spacial score (nSPS) is 15.0. The third kappa shape index (κ3) is 7.97. The molecule has 1 aliphatic carbocycles. The molecule has 0 aromatic heterocycles. The maximum absolute atomic E-state index is 13.2. The minimum atomic E-state index is -0.545. The largest absolute Gasteiger partial charge is 0.497 e. The van der Waals surface area contributed by atoms with Gasteiger partial charge in [0, 0.05) is 23.4 Å². The van der Waals surface area contributed by atoms with E-state index in [0.29, 0.717) is 23.1 Å². The van der Waals surface area contributed by atoms with E-state index in [-0.39, 0.29) is 17.9 Å². The number of ether oxygens (including phenoxy) is 1. The van der Waals surface area contributed by atoms with Crippen LogP contribution in [0.2, 0.25) is 5.02 Å². The van der Waals surface area contributed by atoms with Crippen molar-refractivity contribution in [3.05, 3.63) is 64.7 Å². The third-order valence-electron chi connectivity index (χ3n) is 6.04. The number of halogens is 1. The van der Waals surface area contributed by atoms with Crippen LogP contribution in [-0.2, 0) is 21.9 Å². The molecule has 7 heteroatoms. The molecule has 33 heavy (non-hydrogen) atoms. The van der Waals surface area contributed by atoms with Crippen molar-refractivity contribution in [3.8, 4) is 5.75 Å². The van der Waals surface area contributed by atoms with Gasteiger partial charge in [-0.15, -0.1) is 11.8 Å². The van der Waals surface area contributed by atoms with E-state index in [9.17, 15) is 9.59 Å². The molecule has 0 aliphatic heterocycles. The van der Waals surface area contributed by atoms with Crippen LogP contribution in [0.25, 0.3) is 0 Å². The minimum Gasteiger partial charge on any atom is -0.497 e. The van der Waals surface area contributed by atoms with E-state index < -0.39 is 6.04 Å². The van der Waals surface area contributed by atoms with E-state index in [2.05, 4.69) is 5.32 Å². The summed E-state index contributed by atoms with van der Waals surface area (Å²) in [4.78, 5) is 27.9. The lowest BCUT2D eigenvalue weighted by atomic mass is 9.95. The molecule has 2 aromatic rings. The first-order valence-electron chi connectivity index (χ1n) is 11.5. The van der Waals surface area contributed by atoms with Crippen molar-refractivity contribution in [1.29, 1.82) is 0 Å². The molecule has 0 radical (unpaired) electrons. The zero-order valence-electron chi connectivity index (χ0n) is 19.4. The van der Waals surface area contributed by atoms with E-state index in [0.717, 1.165) is 42.6 Å². The van der Waals surface area contributed by atoms with Crippen molar-refractivity contribution in [2.24, 2.45) is 0 Å². The molecule has 0 saturated heterocycles. The summed E-state index contributed by atoms with van der Waals surface area (Å²) in [5.41, 5.74) is 2.08. The van der Waals surface area contributed by atoms with Crippen LogP contribution in [0.3, 0.4) is 0 Å². The maximum atomic E-state index is 13.2. The van der Waals surface area contributed by atoms with Gasteiger partial charge >= 0.3 is 0 Å². The summed E-state index contributed by atoms with van der Waals surface area (Å²) in [5, 5.41) is 3.82. The lowest BCUT2D eigenvalue weighted by molar-refractivity contribution is -0.139. The van der Waals surface area contributed by atoms with Gasteiger partial charge in [-0.05, 0) is 55.2 Å². The number of carbonyl (C=O) groups excluding carboxylic acids is 2. The van der Waals surface area contributed by atoms with Crippen LogP contribution in [0.1, 0.15) is 50.2 Å². The first-order valence-corrected chi connectivity index (χ1v) is 13.0. The summed E-state index contributed by atoms with van der Waals surface area (Å²) in [5.74, 6) is 1.71. The lowest BCUT2D eigenvalue weighted by Crippen LogP contribution is -2.50. The highest BCUT2D eigenvalue weighted by molar-refractivity contribution is 7.99. The van der Waals surface area contributed by atoms with Crippen molar-refractivity contribution in [2.45, 2.75) is 63.4 Å². The lowest BCUT2D eigenvalue weighted by Gasteiger charge is -2.31. The summed E-state index contributed by atoms with van der Waals surface area (Å²) >= 11 is 7.57. The topological polar surface area (TPSA) is 58.6 Å². The van der Waals surface area contributed by atoms with Gasteiger partial charge in [0.15, 0.2) is 0 Å². The van der Waals surface area contributed by atoms with Gasteiger partial charge in [-0.2, -0.15) is 0 Å². The Bertz CT molecular complexity index is 899. The Labute approximate surface area is 206 Å². The van der Waals surface area contributed by atoms with E-state index in [1.165, 1.54) is 6.42 Å². The van der Waals surface area contributed by atoms with Crippen LogP contribution in [0.5, 0.6) is 5.75 Å². The van der Waals surface area contributed by atoms with Gasteiger partial charge < -0.3 is 15.0 Å². The fourth-order valence-electron chi connectivity index (χ4n) is 4.00. The standard InChI is InChI=1S/C26H33ClN2O3S/c1-19(26(31)28-23-6-4-3-5-7-23)29(16-20-8-12-22(27)13-9-20)25(30)18-33-17-21-10-14-24(32-2)15-11-21/h8-15,19,23H,3-7,16-18H2,1-2H3,(H,28,31)/t19-/m1/s1. The smallest absolute Gasteiger partial charge is 0.242 e. The number of methoxy groups -OCH3 is 1. The number of thioether (sulfide) groups is 1. The molecule has 2 amide bonds. The first-order chi connectivity index (χ1) is 16.0. The molecule has 1 atom stereocenters. The molecule has 1 saturated carbocycles. The number of hydrogen-bond acceptors (Lipinski definition) is 4. The van der Waals surface area contributed by atoms with Crippen LogP contribution in [0.4, 0.5) is 0 Å². The predicted molar refractivity (Wildman–Crippen MR) is 136 cm³/mol. The highest BCUT2D eigenvalue weighted by Gasteiger charge is 2.28. The fourth-order valence-corrected chi connectivity index (χ4v) is 5.00. The zero-order chi connectivity index (χ0) is 23.6. The van der Waals surface area contributed by atoms with Gasteiger partial charge in [-0.25, -0.2) is 0 Å². The molecule has 0 bridgehead atoms. The molecule has 1 N–H and O–H groups in total. The second-order valence-electron chi connectivity index (χ2n) is 8.51. The van der Waals surface area contributed by atoms with Gasteiger partial charge in [-0.3, -0.25) is 9.59 Å². The fraction of sp³-hybridized carbons (Fsp3) is 0.462. The highest BCUT2D eigenvalue weighted by Crippen LogP contribution is 2.20. The second kappa shape index (κ2) is 12.9. The zero-order valence-corrected chi connectivity index (χ0v) is 21.0. The highest BCUT2D eigenvalue weighted by atomic mass is 35.5. The van der Waals surface area contributed by atoms with Crippen molar-refractivity contribution in [3.63, 3.8) is 0 Å². The van der Waals surface area contributed by atoms with Crippen molar-refractivity contribution in [2.75, 3.05) is 12.9 Å². The molecule has 5 nitrogen and oxygen atoms in total. The SMILES string of the molecule is COc1ccc(CSCC(=O)N(Cc2ccc(Cl)cc2)[C@H](C)C(=O)NC2CCCCC2)cc1. The predicted octanol–water partition coefficient (Wildman–Crippen LogP) is 5.45. The van der Waals surface area contributed by atoms with Crippen LogP contribution in [0.15, 0.2) is 48.5 Å². The number of hydrogen-bond donors (Lipinski definition) is 1. The summed E-state index contributed by atoms with van der Waals surface area (Å²) in [6.45, 7) is 2.19. The van der Waals surface area contributed by atoms with Gasteiger partial charge in [0.25, 0.3) is 0 Å². The molecule has 0 spiro atoms. The van der Waals surface area contributed by atoms with Gasteiger partial charge in [0.05, 0.1) is 12.9 Å². The second-order valence-corrected chi connectivity index (χ2v) is 9.93. The number of carbonyl (C=O) groups is 2. The van der Waals surface area contributed by atoms with Crippen molar-refractivity contribution in [1.82, 2.24) is 10.2 Å². The number of nitrogens with zero attached hydrogens (tertiary/aromatic N) is 1. The molecule has 3 rings (SSSR count). The Hall–Kier alpha value is -2.18. The number of benzene rings is 2. The van der Waals surface area contributed by atoms with E-state index in [1.54, 1.807) is 23.8 Å². The molecule has 1 fully saturated rings. The average molecular weight is 489 g/mol. The summed E-state index contributed by atoms with van der Waals surface area (Å²) in [6.07, 6.45) is 5.56. The third-order valence-corrected chi connectivity index (χ3v) is 7.28. The molecule has 178 valence electrons. The number of amides is 2. The summed E-state index contributed by atoms with van der Waals surface area (Å²) in [7, 11) is 1.64. The van der Waals surface area contributed by atoms with E-state index in [1.807, 2.05) is 55.5 Å².